The van der Waals surface area contributed by atoms with E-state index in [1.165, 1.54) is 44.1 Å². The van der Waals surface area contributed by atoms with Gasteiger partial charge >= 0.3 is 0 Å². The molecule has 0 aromatic heterocycles. The van der Waals surface area contributed by atoms with Crippen molar-refractivity contribution in [3.05, 3.63) is 24.8 Å². The second-order valence-electron chi connectivity index (χ2n) is 13.2. The van der Waals surface area contributed by atoms with Crippen LogP contribution < -0.4 is 0 Å². The fourth-order valence-corrected chi connectivity index (χ4v) is 8.52. The molecule has 3 rings (SSSR count). The molecule has 2 nitrogen and oxygen atoms in total. The molecular weight excluding hydrogens is 392 g/mol. The molecule has 0 spiro atoms. The van der Waals surface area contributed by atoms with Crippen LogP contribution in [0.2, 0.25) is 0 Å². The number of hydrogen-bond acceptors (Lipinski definition) is 2. The van der Waals surface area contributed by atoms with Crippen LogP contribution in [0, 0.1) is 40.4 Å². The summed E-state index contributed by atoms with van der Waals surface area (Å²) < 4.78 is 0. The monoisotopic (exact) mass is 444 g/mol. The number of rotatable bonds is 8. The summed E-state index contributed by atoms with van der Waals surface area (Å²) in [4.78, 5) is 0. The van der Waals surface area contributed by atoms with Gasteiger partial charge in [-0.05, 0) is 112 Å². The average molecular weight is 445 g/mol. The first-order chi connectivity index (χ1) is 14.8. The molecule has 2 N–H and O–H groups in total. The topological polar surface area (TPSA) is 40.5 Å². The summed E-state index contributed by atoms with van der Waals surface area (Å²) in [5.41, 5.74) is 0.592. The standard InChI is InChI=1S/C30H52O2/c1-9-11-23-25-13-12-24(21(3)14-16-27(5,31)10-2)30(25,8)17-15-26(23)29(7)19-18-28(6,32)20-22(29)4/h10,21,23-26,31-32H,2,4,9,11-20H2,1,3,5-8H3/t21-,23+,24-,25+,26+,27?,28+,29+,30-/m1/s1. The second kappa shape index (κ2) is 9.21. The van der Waals surface area contributed by atoms with E-state index < -0.39 is 11.2 Å². The predicted molar refractivity (Wildman–Crippen MR) is 136 cm³/mol. The van der Waals surface area contributed by atoms with Crippen LogP contribution in [0.4, 0.5) is 0 Å². The van der Waals surface area contributed by atoms with Gasteiger partial charge in [0, 0.05) is 0 Å². The van der Waals surface area contributed by atoms with Crippen molar-refractivity contribution in [1.82, 2.24) is 0 Å². The van der Waals surface area contributed by atoms with Crippen LogP contribution in [0.15, 0.2) is 24.8 Å². The lowest BCUT2D eigenvalue weighted by molar-refractivity contribution is -0.0669. The highest BCUT2D eigenvalue weighted by molar-refractivity contribution is 5.20. The van der Waals surface area contributed by atoms with Gasteiger partial charge in [0.25, 0.3) is 0 Å². The van der Waals surface area contributed by atoms with E-state index in [0.29, 0.717) is 17.3 Å². The summed E-state index contributed by atoms with van der Waals surface area (Å²) in [6, 6.07) is 0. The molecule has 32 heavy (non-hydrogen) atoms. The summed E-state index contributed by atoms with van der Waals surface area (Å²) in [5.74, 6) is 3.69. The van der Waals surface area contributed by atoms with Gasteiger partial charge in [0.2, 0.25) is 0 Å². The van der Waals surface area contributed by atoms with Crippen LogP contribution in [-0.2, 0) is 0 Å². The van der Waals surface area contributed by atoms with Gasteiger partial charge in [-0.15, -0.1) is 6.58 Å². The van der Waals surface area contributed by atoms with E-state index in [1.54, 1.807) is 6.08 Å². The van der Waals surface area contributed by atoms with Crippen molar-refractivity contribution in [2.24, 2.45) is 40.4 Å². The van der Waals surface area contributed by atoms with Crippen molar-refractivity contribution >= 4 is 0 Å². The summed E-state index contributed by atoms with van der Waals surface area (Å²) in [6.07, 6.45) is 14.3. The zero-order valence-corrected chi connectivity index (χ0v) is 22.1. The van der Waals surface area contributed by atoms with Gasteiger partial charge in [-0.2, -0.15) is 0 Å². The quantitative estimate of drug-likeness (QED) is 0.377. The van der Waals surface area contributed by atoms with Crippen LogP contribution in [0.5, 0.6) is 0 Å². The van der Waals surface area contributed by atoms with E-state index in [9.17, 15) is 10.2 Å². The molecule has 1 unspecified atom stereocenters. The Kier molecular flexibility index (Phi) is 7.49. The van der Waals surface area contributed by atoms with Crippen molar-refractivity contribution in [2.45, 2.75) is 123 Å². The van der Waals surface area contributed by atoms with Gasteiger partial charge in [-0.1, -0.05) is 58.8 Å². The Bertz CT molecular complexity index is 691. The highest BCUT2D eigenvalue weighted by atomic mass is 16.3. The van der Waals surface area contributed by atoms with E-state index in [1.807, 2.05) is 13.8 Å². The fourth-order valence-electron chi connectivity index (χ4n) is 8.52. The number of aliphatic hydroxyl groups is 2. The molecule has 0 amide bonds. The summed E-state index contributed by atoms with van der Waals surface area (Å²) >= 11 is 0. The summed E-state index contributed by atoms with van der Waals surface area (Å²) in [7, 11) is 0. The lowest BCUT2D eigenvalue weighted by atomic mass is 9.48. The van der Waals surface area contributed by atoms with Gasteiger partial charge in [0.05, 0.1) is 11.2 Å². The Labute approximate surface area is 199 Å². The van der Waals surface area contributed by atoms with E-state index in [4.69, 9.17) is 0 Å². The Balaban J connectivity index is 1.80. The lowest BCUT2D eigenvalue weighted by Gasteiger charge is -2.57. The molecule has 0 bridgehead atoms. The molecule has 2 heteroatoms. The van der Waals surface area contributed by atoms with Crippen LogP contribution >= 0.6 is 0 Å². The van der Waals surface area contributed by atoms with Crippen molar-refractivity contribution in [3.63, 3.8) is 0 Å². The summed E-state index contributed by atoms with van der Waals surface area (Å²) in [6.45, 7) is 22.1. The SMILES string of the molecule is C=CC(C)(O)CC[C@@H](C)[C@H]1CC[C@H]2[C@H](CCC)[C@@H]([C@@]3(C)CC[C@](C)(O)CC3=C)CC[C@]12C. The third-order valence-corrected chi connectivity index (χ3v) is 10.8. The first-order valence-electron chi connectivity index (χ1n) is 13.6. The molecule has 3 aliphatic rings. The number of hydrogen-bond donors (Lipinski definition) is 2. The minimum atomic E-state index is -0.743. The Morgan fingerprint density at radius 3 is 2.41 bits per heavy atom. The van der Waals surface area contributed by atoms with Crippen LogP contribution in [0.25, 0.3) is 0 Å². The van der Waals surface area contributed by atoms with Crippen LogP contribution in [0.3, 0.4) is 0 Å². The molecule has 9 atom stereocenters. The fraction of sp³-hybridized carbons (Fsp3) is 0.867. The van der Waals surface area contributed by atoms with Crippen molar-refractivity contribution in [1.29, 1.82) is 0 Å². The minimum absolute atomic E-state index is 0.176. The average Bonchev–Trinajstić information content (AvgIpc) is 3.07. The van der Waals surface area contributed by atoms with Gasteiger partial charge in [-0.25, -0.2) is 0 Å². The number of fused-ring (bicyclic) bond motifs is 1. The molecule has 0 heterocycles. The third kappa shape index (κ3) is 4.78. The molecular formula is C30H52O2. The molecule has 0 radical (unpaired) electrons. The first kappa shape index (κ1) is 26.0. The Morgan fingerprint density at radius 1 is 1.12 bits per heavy atom. The van der Waals surface area contributed by atoms with Gasteiger partial charge in [-0.3, -0.25) is 0 Å². The Hall–Kier alpha value is -0.600. The van der Waals surface area contributed by atoms with Crippen molar-refractivity contribution < 1.29 is 10.2 Å². The highest BCUT2D eigenvalue weighted by Crippen LogP contribution is 2.66. The minimum Gasteiger partial charge on any atom is -0.390 e. The van der Waals surface area contributed by atoms with E-state index >= 15 is 0 Å². The smallest absolute Gasteiger partial charge is 0.0797 e. The second-order valence-corrected chi connectivity index (χ2v) is 13.2. The largest absolute Gasteiger partial charge is 0.390 e. The molecule has 3 saturated carbocycles. The van der Waals surface area contributed by atoms with Gasteiger partial charge < -0.3 is 10.2 Å². The zero-order valence-electron chi connectivity index (χ0n) is 22.1. The molecule has 3 aliphatic carbocycles. The van der Waals surface area contributed by atoms with Crippen LogP contribution in [-0.4, -0.2) is 21.4 Å². The molecule has 0 aromatic rings. The molecule has 0 aromatic carbocycles. The van der Waals surface area contributed by atoms with Gasteiger partial charge in [0.1, 0.15) is 0 Å². The van der Waals surface area contributed by atoms with E-state index in [2.05, 4.69) is 40.9 Å². The molecule has 0 saturated heterocycles. The van der Waals surface area contributed by atoms with Crippen LogP contribution in [0.1, 0.15) is 112 Å². The maximum absolute atomic E-state index is 10.7. The van der Waals surface area contributed by atoms with E-state index in [-0.39, 0.29) is 5.41 Å². The molecule has 0 aliphatic heterocycles. The van der Waals surface area contributed by atoms with Crippen molar-refractivity contribution in [3.8, 4) is 0 Å². The Morgan fingerprint density at radius 2 is 1.81 bits per heavy atom. The third-order valence-electron chi connectivity index (χ3n) is 10.8. The zero-order chi connectivity index (χ0) is 23.9. The molecule has 3 fully saturated rings. The molecule has 184 valence electrons. The lowest BCUT2D eigenvalue weighted by Crippen LogP contribution is -2.50. The van der Waals surface area contributed by atoms with Gasteiger partial charge in [0.15, 0.2) is 0 Å². The first-order valence-corrected chi connectivity index (χ1v) is 13.6. The van der Waals surface area contributed by atoms with Crippen molar-refractivity contribution in [2.75, 3.05) is 0 Å². The normalized spacial score (nSPS) is 45.2. The summed E-state index contributed by atoms with van der Waals surface area (Å²) in [5, 5.41) is 21.1. The predicted octanol–water partition coefficient (Wildman–Crippen LogP) is 7.70. The highest BCUT2D eigenvalue weighted by Gasteiger charge is 2.58. The maximum atomic E-state index is 10.7. The maximum Gasteiger partial charge on any atom is 0.0797 e. The van der Waals surface area contributed by atoms with E-state index in [0.717, 1.165) is 49.9 Å².